The number of fused-ring (bicyclic) bond motifs is 2. The van der Waals surface area contributed by atoms with E-state index < -0.39 is 40.5 Å². The van der Waals surface area contributed by atoms with E-state index in [0.29, 0.717) is 5.06 Å². The number of aromatic nitrogens is 2. The molecule has 3 rings (SSSR count). The zero-order chi connectivity index (χ0) is 19.8. The zero-order valence-corrected chi connectivity index (χ0v) is 18.2. The normalized spacial score (nSPS) is 22.6. The third-order valence-corrected chi connectivity index (χ3v) is 5.02. The third-order valence-electron chi connectivity index (χ3n) is 4.67. The van der Waals surface area contributed by atoms with Crippen molar-refractivity contribution >= 4 is 28.1 Å². The van der Waals surface area contributed by atoms with Crippen LogP contribution in [0.2, 0.25) is 0 Å². The molecule has 2 fully saturated rings. The Morgan fingerprint density at radius 1 is 1.43 bits per heavy atom. The number of Topliss-reactive ketones (excluding diaryl/α,β-unsaturated/α-hetero) is 1. The molecule has 0 aromatic carbocycles. The summed E-state index contributed by atoms with van der Waals surface area (Å²) in [5.74, 6) is -0.773. The van der Waals surface area contributed by atoms with Gasteiger partial charge in [-0.3, -0.25) is 9.59 Å². The summed E-state index contributed by atoms with van der Waals surface area (Å²) in [7, 11) is -5.09. The van der Waals surface area contributed by atoms with E-state index in [-0.39, 0.29) is 61.3 Å². The molecular weight excluding hydrogens is 405 g/mol. The predicted molar refractivity (Wildman–Crippen MR) is 86.5 cm³/mol. The maximum absolute atomic E-state index is 12.4. The van der Waals surface area contributed by atoms with Crippen LogP contribution >= 0.6 is 0 Å². The van der Waals surface area contributed by atoms with Gasteiger partial charge in [0, 0.05) is 18.9 Å². The molecular formula is C14H18N5NaO7S. The summed E-state index contributed by atoms with van der Waals surface area (Å²) in [4.78, 5) is 41.9. The second kappa shape index (κ2) is 8.88. The number of imidazole rings is 1. The van der Waals surface area contributed by atoms with Gasteiger partial charge in [0.15, 0.2) is 5.78 Å². The first-order chi connectivity index (χ1) is 12.7. The molecule has 0 spiro atoms. The van der Waals surface area contributed by atoms with Crippen LogP contribution in [0.3, 0.4) is 0 Å². The minimum absolute atomic E-state index is 0. The molecule has 0 unspecified atom stereocenters. The molecule has 1 N–H and O–H groups in total. The standard InChI is InChI=1S/C14H19N5O7S.Na/c1-9(17-5-4-15-8-17)12(20)6-16-13(21)11-3-2-10-7-18(11)14(22)19(10)26-27(23,24)25;/h4-5,8-11H,2-3,6-7H2,1H3,(H,16,21)(H,23,24,25);/q;+1/p-1/t9-,10+,11-;/m0./s1. The summed E-state index contributed by atoms with van der Waals surface area (Å²) in [5.41, 5.74) is 0. The second-order valence-electron chi connectivity index (χ2n) is 6.36. The molecule has 2 bridgehead atoms. The van der Waals surface area contributed by atoms with Gasteiger partial charge < -0.3 is 19.3 Å². The van der Waals surface area contributed by atoms with Crippen LogP contribution in [0, 0.1) is 0 Å². The Balaban J connectivity index is 0.00000280. The van der Waals surface area contributed by atoms with Gasteiger partial charge in [-0.05, 0) is 19.8 Å². The number of urea groups is 1. The van der Waals surface area contributed by atoms with Crippen LogP contribution in [0.1, 0.15) is 25.8 Å². The van der Waals surface area contributed by atoms with Crippen LogP contribution in [0.5, 0.6) is 0 Å². The van der Waals surface area contributed by atoms with Crippen molar-refractivity contribution in [3.8, 4) is 0 Å². The monoisotopic (exact) mass is 423 g/mol. The fourth-order valence-electron chi connectivity index (χ4n) is 3.21. The van der Waals surface area contributed by atoms with E-state index in [1.54, 1.807) is 17.7 Å². The third kappa shape index (κ3) is 4.90. The second-order valence-corrected chi connectivity index (χ2v) is 7.33. The summed E-state index contributed by atoms with van der Waals surface area (Å²) in [6.07, 6.45) is 5.21. The fourth-order valence-corrected chi connectivity index (χ4v) is 3.59. The molecule has 14 heteroatoms. The summed E-state index contributed by atoms with van der Waals surface area (Å²) in [6, 6.07) is -2.86. The summed E-state index contributed by atoms with van der Waals surface area (Å²) < 4.78 is 38.1. The van der Waals surface area contributed by atoms with Crippen LogP contribution in [-0.2, 0) is 24.3 Å². The number of amides is 3. The SMILES string of the molecule is C[C@@H](C(=O)CNC(=O)[C@@H]1CC[C@@H]2CN1C(=O)N2OS(=O)(=O)[O-])n1ccnc1.[Na+]. The Bertz CT molecular complexity index is 846. The number of ketones is 1. The molecule has 2 aliphatic heterocycles. The average Bonchev–Trinajstić information content (AvgIpc) is 3.22. The maximum Gasteiger partial charge on any atom is 1.00 e. The van der Waals surface area contributed by atoms with E-state index in [0.717, 1.165) is 4.90 Å². The number of carbonyl (C=O) groups excluding carboxylic acids is 3. The van der Waals surface area contributed by atoms with Crippen LogP contribution in [-0.4, -0.2) is 75.4 Å². The Labute approximate surface area is 183 Å². The Morgan fingerprint density at radius 3 is 2.75 bits per heavy atom. The summed E-state index contributed by atoms with van der Waals surface area (Å²) in [6.45, 7) is 1.51. The van der Waals surface area contributed by atoms with E-state index >= 15 is 0 Å². The molecule has 148 valence electrons. The number of hydrogen-bond acceptors (Lipinski definition) is 8. The fraction of sp³-hybridized carbons (Fsp3) is 0.571. The maximum atomic E-state index is 12.4. The Morgan fingerprint density at radius 2 is 2.14 bits per heavy atom. The molecule has 0 radical (unpaired) electrons. The van der Waals surface area contributed by atoms with Crippen molar-refractivity contribution in [2.75, 3.05) is 13.1 Å². The molecule has 1 aromatic heterocycles. The minimum atomic E-state index is -5.09. The first-order valence-corrected chi connectivity index (χ1v) is 9.54. The number of rotatable bonds is 7. The molecule has 0 aliphatic carbocycles. The van der Waals surface area contributed by atoms with Gasteiger partial charge in [0.05, 0.1) is 25.0 Å². The van der Waals surface area contributed by atoms with Crippen molar-refractivity contribution in [3.05, 3.63) is 18.7 Å². The van der Waals surface area contributed by atoms with E-state index in [1.165, 1.54) is 12.5 Å². The molecule has 2 saturated heterocycles. The zero-order valence-electron chi connectivity index (χ0n) is 15.3. The molecule has 3 heterocycles. The largest absolute Gasteiger partial charge is 1.00 e. The van der Waals surface area contributed by atoms with Gasteiger partial charge in [0.1, 0.15) is 6.04 Å². The van der Waals surface area contributed by atoms with Crippen LogP contribution in [0.15, 0.2) is 18.7 Å². The quantitative estimate of drug-likeness (QED) is 0.263. The van der Waals surface area contributed by atoms with Crippen molar-refractivity contribution < 1.29 is 61.2 Å². The van der Waals surface area contributed by atoms with Gasteiger partial charge in [-0.15, -0.1) is 0 Å². The van der Waals surface area contributed by atoms with E-state index in [2.05, 4.69) is 14.6 Å². The number of hydroxylamine groups is 2. The molecule has 1 aromatic rings. The van der Waals surface area contributed by atoms with Gasteiger partial charge in [-0.2, -0.15) is 9.35 Å². The summed E-state index contributed by atoms with van der Waals surface area (Å²) in [5, 5.41) is 3.01. The van der Waals surface area contributed by atoms with Crippen molar-refractivity contribution in [2.45, 2.75) is 37.9 Å². The smallest absolute Gasteiger partial charge is 0.724 e. The molecule has 12 nitrogen and oxygen atoms in total. The Kier molecular flexibility index (Phi) is 7.22. The molecule has 3 atom stereocenters. The minimum Gasteiger partial charge on any atom is -0.724 e. The first kappa shape index (κ1) is 22.8. The van der Waals surface area contributed by atoms with E-state index in [1.807, 2.05) is 0 Å². The number of hydrogen-bond donors (Lipinski definition) is 1. The number of piperidine rings is 1. The van der Waals surface area contributed by atoms with Gasteiger partial charge in [-0.25, -0.2) is 18.2 Å². The summed E-state index contributed by atoms with van der Waals surface area (Å²) >= 11 is 0. The van der Waals surface area contributed by atoms with Crippen LogP contribution < -0.4 is 34.9 Å². The van der Waals surface area contributed by atoms with Gasteiger partial charge in [0.2, 0.25) is 16.3 Å². The molecule has 0 saturated carbocycles. The van der Waals surface area contributed by atoms with Crippen molar-refractivity contribution in [3.63, 3.8) is 0 Å². The first-order valence-electron chi connectivity index (χ1n) is 8.20. The average molecular weight is 423 g/mol. The van der Waals surface area contributed by atoms with Gasteiger partial charge in [0.25, 0.3) is 0 Å². The van der Waals surface area contributed by atoms with E-state index in [9.17, 15) is 27.4 Å². The van der Waals surface area contributed by atoms with Gasteiger partial charge in [-0.1, -0.05) is 0 Å². The number of carbonyl (C=O) groups is 3. The van der Waals surface area contributed by atoms with Crippen LogP contribution in [0.25, 0.3) is 0 Å². The topological polar surface area (TPSA) is 154 Å². The van der Waals surface area contributed by atoms with Crippen molar-refractivity contribution in [1.29, 1.82) is 0 Å². The van der Waals surface area contributed by atoms with Crippen molar-refractivity contribution in [2.24, 2.45) is 0 Å². The Hall–Kier alpha value is -1.51. The number of nitrogens with one attached hydrogen (secondary N) is 1. The number of nitrogens with zero attached hydrogens (tertiary/aromatic N) is 4. The molecule has 28 heavy (non-hydrogen) atoms. The van der Waals surface area contributed by atoms with E-state index in [4.69, 9.17) is 0 Å². The predicted octanol–water partition coefficient (Wildman–Crippen LogP) is -4.21. The molecule has 2 aliphatic rings. The van der Waals surface area contributed by atoms with Gasteiger partial charge >= 0.3 is 35.6 Å². The molecule has 3 amide bonds. The van der Waals surface area contributed by atoms with Crippen LogP contribution in [0.4, 0.5) is 4.79 Å². The van der Waals surface area contributed by atoms with Crippen molar-refractivity contribution in [1.82, 2.24) is 24.8 Å².